The second kappa shape index (κ2) is 3.90. The number of nitrogens with one attached hydrogen (secondary N) is 1. The summed E-state index contributed by atoms with van der Waals surface area (Å²) in [4.78, 5) is 5.57. The first-order valence-electron chi connectivity index (χ1n) is 6.17. The zero-order valence-electron chi connectivity index (χ0n) is 10.1. The van der Waals surface area contributed by atoms with E-state index >= 15 is 0 Å². The van der Waals surface area contributed by atoms with E-state index in [0.29, 0.717) is 6.54 Å². The summed E-state index contributed by atoms with van der Waals surface area (Å²) in [5, 5.41) is 3.29. The molecule has 1 aliphatic heterocycles. The molecule has 0 amide bonds. The van der Waals surface area contributed by atoms with Gasteiger partial charge in [0.05, 0.1) is 22.6 Å². The summed E-state index contributed by atoms with van der Waals surface area (Å²) in [6, 6.07) is 16.3. The van der Waals surface area contributed by atoms with E-state index in [9.17, 15) is 0 Å². The van der Waals surface area contributed by atoms with Crippen molar-refractivity contribution in [2.75, 3.05) is 5.32 Å². The summed E-state index contributed by atoms with van der Waals surface area (Å²) >= 11 is 5.41. The Bertz CT molecular complexity index is 804. The van der Waals surface area contributed by atoms with Crippen LogP contribution in [0.25, 0.3) is 22.4 Å². The van der Waals surface area contributed by atoms with Crippen molar-refractivity contribution in [3.8, 4) is 11.4 Å². The largest absolute Gasteiger partial charge is 0.348 e. The third kappa shape index (κ3) is 1.57. The summed E-state index contributed by atoms with van der Waals surface area (Å²) < 4.78 is 2.18. The van der Waals surface area contributed by atoms with Crippen LogP contribution in [0.5, 0.6) is 0 Å². The fourth-order valence-electron chi connectivity index (χ4n) is 2.56. The van der Waals surface area contributed by atoms with Gasteiger partial charge in [-0.2, -0.15) is 0 Å². The third-order valence-corrected chi connectivity index (χ3v) is 3.63. The third-order valence-electron chi connectivity index (χ3n) is 3.40. The smallest absolute Gasteiger partial charge is 0.143 e. The molecule has 0 saturated carbocycles. The molecule has 0 unspecified atom stereocenters. The first kappa shape index (κ1) is 10.7. The quantitative estimate of drug-likeness (QED) is 0.631. The average molecular weight is 265 g/mol. The topological polar surface area (TPSA) is 29.9 Å². The summed E-state index contributed by atoms with van der Waals surface area (Å²) in [6.07, 6.45) is 0. The maximum atomic E-state index is 5.41. The summed E-state index contributed by atoms with van der Waals surface area (Å²) in [7, 11) is 0. The van der Waals surface area contributed by atoms with E-state index in [1.54, 1.807) is 0 Å². The molecule has 0 fully saturated rings. The lowest BCUT2D eigenvalue weighted by Crippen LogP contribution is -2.14. The van der Waals surface area contributed by atoms with E-state index in [2.05, 4.69) is 22.0 Å². The summed E-state index contributed by atoms with van der Waals surface area (Å²) in [6.45, 7) is 0.667. The van der Waals surface area contributed by atoms with Gasteiger partial charge in [0, 0.05) is 11.3 Å². The van der Waals surface area contributed by atoms with Crippen LogP contribution < -0.4 is 5.32 Å². The van der Waals surface area contributed by atoms with Crippen molar-refractivity contribution >= 4 is 33.9 Å². The lowest BCUT2D eigenvalue weighted by Gasteiger charge is -2.05. The standard InChI is InChI=1S/C15H11N3S/c19-14-9-18-13-8-4-3-7-12(13)17-15(18)10-5-1-2-6-11(10)16-14/h1-8H,9H2,(H,16,19). The highest BCUT2D eigenvalue weighted by Gasteiger charge is 2.19. The summed E-state index contributed by atoms with van der Waals surface area (Å²) in [5.74, 6) is 0.976. The number of rotatable bonds is 0. The van der Waals surface area contributed by atoms with Crippen LogP contribution in [0.3, 0.4) is 0 Å². The van der Waals surface area contributed by atoms with E-state index in [0.717, 1.165) is 33.1 Å². The number of benzene rings is 2. The van der Waals surface area contributed by atoms with Crippen molar-refractivity contribution < 1.29 is 0 Å². The van der Waals surface area contributed by atoms with Crippen LogP contribution in [-0.2, 0) is 6.54 Å². The molecular formula is C15H11N3S. The van der Waals surface area contributed by atoms with Gasteiger partial charge in [0.1, 0.15) is 5.82 Å². The van der Waals surface area contributed by atoms with Crippen molar-refractivity contribution in [3.63, 3.8) is 0 Å². The molecule has 19 heavy (non-hydrogen) atoms. The predicted octanol–water partition coefficient (Wildman–Crippen LogP) is 3.46. The molecule has 4 rings (SSSR count). The Morgan fingerprint density at radius 3 is 2.79 bits per heavy atom. The van der Waals surface area contributed by atoms with E-state index < -0.39 is 0 Å². The Morgan fingerprint density at radius 2 is 1.84 bits per heavy atom. The first-order valence-corrected chi connectivity index (χ1v) is 6.58. The molecule has 1 N–H and O–H groups in total. The van der Waals surface area contributed by atoms with Crippen molar-refractivity contribution in [1.29, 1.82) is 0 Å². The number of nitrogens with zero attached hydrogens (tertiary/aromatic N) is 2. The van der Waals surface area contributed by atoms with Gasteiger partial charge in [-0.3, -0.25) is 0 Å². The van der Waals surface area contributed by atoms with Crippen LogP contribution >= 0.6 is 12.2 Å². The molecule has 0 saturated heterocycles. The Labute approximate surface area is 115 Å². The van der Waals surface area contributed by atoms with Crippen molar-refractivity contribution in [2.45, 2.75) is 6.54 Å². The van der Waals surface area contributed by atoms with Crippen LogP contribution in [0.2, 0.25) is 0 Å². The van der Waals surface area contributed by atoms with Gasteiger partial charge in [-0.1, -0.05) is 36.5 Å². The molecule has 2 aromatic carbocycles. The molecule has 1 aliphatic rings. The van der Waals surface area contributed by atoms with Crippen LogP contribution in [0.1, 0.15) is 0 Å². The molecular weight excluding hydrogens is 254 g/mol. The van der Waals surface area contributed by atoms with E-state index in [1.165, 1.54) is 0 Å². The number of fused-ring (bicyclic) bond motifs is 5. The van der Waals surface area contributed by atoms with Crippen LogP contribution in [0.15, 0.2) is 48.5 Å². The molecule has 3 nitrogen and oxygen atoms in total. The SMILES string of the molecule is S=C1Cn2c(nc3ccccc32)-c2ccccc2N1. The highest BCUT2D eigenvalue weighted by molar-refractivity contribution is 7.80. The maximum Gasteiger partial charge on any atom is 0.143 e. The minimum atomic E-state index is 0.667. The molecule has 0 spiro atoms. The lowest BCUT2D eigenvalue weighted by molar-refractivity contribution is 0.906. The van der Waals surface area contributed by atoms with Gasteiger partial charge in [-0.25, -0.2) is 4.98 Å². The predicted molar refractivity (Wildman–Crippen MR) is 81.4 cm³/mol. The first-order chi connectivity index (χ1) is 9.33. The Hall–Kier alpha value is -2.20. The van der Waals surface area contributed by atoms with Gasteiger partial charge in [0.25, 0.3) is 0 Å². The number of imidazole rings is 1. The highest BCUT2D eigenvalue weighted by atomic mass is 32.1. The monoisotopic (exact) mass is 265 g/mol. The van der Waals surface area contributed by atoms with Crippen LogP contribution in [-0.4, -0.2) is 14.5 Å². The van der Waals surface area contributed by atoms with Crippen LogP contribution in [0.4, 0.5) is 5.69 Å². The zero-order valence-corrected chi connectivity index (χ0v) is 10.9. The second-order valence-corrected chi connectivity index (χ2v) is 5.10. The van der Waals surface area contributed by atoms with Crippen molar-refractivity contribution in [1.82, 2.24) is 9.55 Å². The molecule has 0 radical (unpaired) electrons. The highest BCUT2D eigenvalue weighted by Crippen LogP contribution is 2.32. The van der Waals surface area contributed by atoms with E-state index in [1.807, 2.05) is 36.4 Å². The Morgan fingerprint density at radius 1 is 1.05 bits per heavy atom. The lowest BCUT2D eigenvalue weighted by atomic mass is 10.1. The molecule has 0 atom stereocenters. The van der Waals surface area contributed by atoms with Crippen molar-refractivity contribution in [2.24, 2.45) is 0 Å². The van der Waals surface area contributed by atoms with Gasteiger partial charge < -0.3 is 9.88 Å². The van der Waals surface area contributed by atoms with E-state index in [-0.39, 0.29) is 0 Å². The summed E-state index contributed by atoms with van der Waals surface area (Å²) in [5.41, 5.74) is 4.26. The Balaban J connectivity index is 2.11. The van der Waals surface area contributed by atoms with Crippen molar-refractivity contribution in [3.05, 3.63) is 48.5 Å². The number of hydrogen-bond acceptors (Lipinski definition) is 2. The second-order valence-electron chi connectivity index (χ2n) is 4.60. The molecule has 4 heteroatoms. The van der Waals surface area contributed by atoms with Gasteiger partial charge in [-0.15, -0.1) is 0 Å². The number of thiocarbonyl (C=S) groups is 1. The normalized spacial score (nSPS) is 13.6. The number of para-hydroxylation sites is 3. The van der Waals surface area contributed by atoms with Gasteiger partial charge in [-0.05, 0) is 24.3 Å². The molecule has 3 aromatic rings. The van der Waals surface area contributed by atoms with Crippen LogP contribution in [0, 0.1) is 0 Å². The number of hydrogen-bond donors (Lipinski definition) is 1. The fraction of sp³-hybridized carbons (Fsp3) is 0.0667. The van der Waals surface area contributed by atoms with Gasteiger partial charge in [0.2, 0.25) is 0 Å². The maximum absolute atomic E-state index is 5.41. The number of anilines is 1. The van der Waals surface area contributed by atoms with Gasteiger partial charge in [0.15, 0.2) is 0 Å². The minimum Gasteiger partial charge on any atom is -0.348 e. The van der Waals surface area contributed by atoms with Gasteiger partial charge >= 0.3 is 0 Å². The minimum absolute atomic E-state index is 0.667. The molecule has 2 heterocycles. The molecule has 0 bridgehead atoms. The Kier molecular flexibility index (Phi) is 2.19. The molecule has 0 aliphatic carbocycles. The number of aromatic nitrogens is 2. The average Bonchev–Trinajstić information content (AvgIpc) is 2.71. The van der Waals surface area contributed by atoms with E-state index in [4.69, 9.17) is 17.2 Å². The zero-order chi connectivity index (χ0) is 12.8. The molecule has 92 valence electrons. The molecule has 1 aromatic heterocycles. The fourth-order valence-corrected chi connectivity index (χ4v) is 2.80.